The number of rotatable bonds is 4. The van der Waals surface area contributed by atoms with E-state index in [0.717, 1.165) is 22.8 Å². The van der Waals surface area contributed by atoms with E-state index < -0.39 is 21.6 Å². The Bertz CT molecular complexity index is 1610. The van der Waals surface area contributed by atoms with Crippen molar-refractivity contribution in [2.45, 2.75) is 18.1 Å². The summed E-state index contributed by atoms with van der Waals surface area (Å²) in [4.78, 5) is 16.8. The van der Waals surface area contributed by atoms with Crippen molar-refractivity contribution in [3.63, 3.8) is 0 Å². The molecule has 0 fully saturated rings. The van der Waals surface area contributed by atoms with Gasteiger partial charge in [0.25, 0.3) is 0 Å². The molecule has 14 heteroatoms. The Kier molecular flexibility index (Phi) is 4.63. The molecule has 0 N–H and O–H groups in total. The van der Waals surface area contributed by atoms with Crippen molar-refractivity contribution < 1.29 is 21.6 Å². The van der Waals surface area contributed by atoms with Gasteiger partial charge in [-0.1, -0.05) is 6.92 Å². The van der Waals surface area contributed by atoms with Crippen molar-refractivity contribution in [1.29, 1.82) is 0 Å². The van der Waals surface area contributed by atoms with Crippen molar-refractivity contribution in [3.8, 4) is 22.9 Å². The summed E-state index contributed by atoms with van der Waals surface area (Å²) in [5.74, 6) is -0.126. The summed E-state index contributed by atoms with van der Waals surface area (Å²) in [5.41, 5.74) is -0.387. The zero-order chi connectivity index (χ0) is 23.4. The summed E-state index contributed by atoms with van der Waals surface area (Å²) >= 11 is 0. The second kappa shape index (κ2) is 7.30. The van der Waals surface area contributed by atoms with Crippen molar-refractivity contribution in [1.82, 2.24) is 39.2 Å². The molecule has 0 amide bonds. The Labute approximate surface area is 183 Å². The average molecular weight is 474 g/mol. The van der Waals surface area contributed by atoms with Gasteiger partial charge in [-0.2, -0.15) is 18.3 Å². The van der Waals surface area contributed by atoms with Gasteiger partial charge < -0.3 is 0 Å². The smallest absolute Gasteiger partial charge is 0.236 e. The molecule has 0 saturated heterocycles. The van der Waals surface area contributed by atoms with Gasteiger partial charge in [0, 0.05) is 24.8 Å². The number of fused-ring (bicyclic) bond motifs is 2. The van der Waals surface area contributed by atoms with Crippen LogP contribution in [0.3, 0.4) is 0 Å². The quantitative estimate of drug-likeness (QED) is 0.390. The molecule has 168 valence electrons. The fourth-order valence-electron chi connectivity index (χ4n) is 3.23. The Morgan fingerprint density at radius 3 is 2.42 bits per heavy atom. The molecule has 5 heterocycles. The molecule has 0 saturated carbocycles. The van der Waals surface area contributed by atoms with Crippen molar-refractivity contribution in [2.75, 3.05) is 5.75 Å². The van der Waals surface area contributed by atoms with Gasteiger partial charge in [0.15, 0.2) is 37.8 Å². The normalized spacial score (nSPS) is 12.6. The van der Waals surface area contributed by atoms with Crippen LogP contribution in [0.5, 0.6) is 0 Å². The van der Waals surface area contributed by atoms with E-state index in [1.165, 1.54) is 30.0 Å². The predicted molar refractivity (Wildman–Crippen MR) is 109 cm³/mol. The Morgan fingerprint density at radius 2 is 1.73 bits per heavy atom. The minimum absolute atomic E-state index is 0.0214. The van der Waals surface area contributed by atoms with E-state index in [9.17, 15) is 21.6 Å². The first-order valence-corrected chi connectivity index (χ1v) is 11.2. The van der Waals surface area contributed by atoms with Gasteiger partial charge in [-0.15, -0.1) is 5.10 Å². The molecule has 0 aliphatic carbocycles. The Balaban J connectivity index is 1.81. The lowest BCUT2D eigenvalue weighted by atomic mass is 10.3. The molecule has 33 heavy (non-hydrogen) atoms. The maximum atomic E-state index is 13.1. The predicted octanol–water partition coefficient (Wildman–Crippen LogP) is 2.71. The van der Waals surface area contributed by atoms with Gasteiger partial charge in [0.05, 0.1) is 11.3 Å². The maximum absolute atomic E-state index is 13.1. The highest BCUT2D eigenvalue weighted by atomic mass is 32.2. The Morgan fingerprint density at radius 1 is 0.970 bits per heavy atom. The summed E-state index contributed by atoms with van der Waals surface area (Å²) in [6.45, 7) is 1.45. The third-order valence-electron chi connectivity index (χ3n) is 4.84. The number of hydrogen-bond acceptors (Lipinski definition) is 8. The highest BCUT2D eigenvalue weighted by Crippen LogP contribution is 2.33. The molecule has 0 aromatic carbocycles. The van der Waals surface area contributed by atoms with Gasteiger partial charge in [-0.05, 0) is 24.3 Å². The van der Waals surface area contributed by atoms with Gasteiger partial charge in [0.1, 0.15) is 11.3 Å². The van der Waals surface area contributed by atoms with E-state index >= 15 is 0 Å². The molecule has 5 aromatic rings. The summed E-state index contributed by atoms with van der Waals surface area (Å²) in [6, 6.07) is 5.21. The van der Waals surface area contributed by atoms with Crippen LogP contribution in [0, 0.1) is 0 Å². The number of hydrogen-bond donors (Lipinski definition) is 0. The van der Waals surface area contributed by atoms with Crippen molar-refractivity contribution in [2.24, 2.45) is 0 Å². The number of aromatic nitrogens is 8. The summed E-state index contributed by atoms with van der Waals surface area (Å²) in [5, 5.41) is 8.02. The molecule has 0 unspecified atom stereocenters. The third kappa shape index (κ3) is 3.47. The molecule has 0 spiro atoms. The lowest BCUT2D eigenvalue weighted by molar-refractivity contribution is -0.137. The van der Waals surface area contributed by atoms with Crippen LogP contribution in [0.4, 0.5) is 13.2 Å². The topological polar surface area (TPSA) is 120 Å². The SMILES string of the molecule is CCS(=O)(=O)c1nn2c(-c3ncccn3)ccnc2c1-c1nc2ccc(C(F)(F)F)cn2n1. The van der Waals surface area contributed by atoms with E-state index in [1.54, 1.807) is 12.1 Å². The fourth-order valence-corrected chi connectivity index (χ4v) is 4.21. The third-order valence-corrected chi connectivity index (χ3v) is 6.47. The van der Waals surface area contributed by atoms with E-state index in [0.29, 0.717) is 5.69 Å². The van der Waals surface area contributed by atoms with Crippen LogP contribution < -0.4 is 0 Å². The average Bonchev–Trinajstić information content (AvgIpc) is 3.40. The van der Waals surface area contributed by atoms with Gasteiger partial charge in [-0.3, -0.25) is 0 Å². The summed E-state index contributed by atoms with van der Waals surface area (Å²) in [6.07, 6.45) is 0.664. The van der Waals surface area contributed by atoms with Gasteiger partial charge in [0.2, 0.25) is 0 Å². The van der Waals surface area contributed by atoms with E-state index in [4.69, 9.17) is 0 Å². The minimum atomic E-state index is -4.58. The molecule has 5 aromatic heterocycles. The number of alkyl halides is 3. The maximum Gasteiger partial charge on any atom is 0.417 e. The van der Waals surface area contributed by atoms with E-state index in [1.807, 2.05) is 0 Å². The first-order chi connectivity index (χ1) is 15.7. The van der Waals surface area contributed by atoms with Crippen LogP contribution in [0.15, 0.2) is 54.1 Å². The molecule has 10 nitrogen and oxygen atoms in total. The number of pyridine rings is 1. The molecule has 0 aliphatic heterocycles. The molecule has 5 rings (SSSR count). The molecule has 0 radical (unpaired) electrons. The summed E-state index contributed by atoms with van der Waals surface area (Å²) in [7, 11) is -3.89. The monoisotopic (exact) mass is 474 g/mol. The molecule has 0 aliphatic rings. The largest absolute Gasteiger partial charge is 0.417 e. The highest BCUT2D eigenvalue weighted by molar-refractivity contribution is 7.91. The standard InChI is InChI=1S/C19H13F3N8O2S/c1-2-33(31,32)18-14(16-26-13-5-4-11(19(20,21)22)10-29(13)27-16)17-25-9-6-12(30(17)28-18)15-23-7-3-8-24-15/h3-10H,2H2,1H3. The second-order valence-electron chi connectivity index (χ2n) is 6.88. The second-order valence-corrected chi connectivity index (χ2v) is 9.07. The summed E-state index contributed by atoms with van der Waals surface area (Å²) < 4.78 is 67.2. The zero-order valence-corrected chi connectivity index (χ0v) is 17.6. The molecule has 0 bridgehead atoms. The zero-order valence-electron chi connectivity index (χ0n) is 16.8. The molecular weight excluding hydrogens is 461 g/mol. The highest BCUT2D eigenvalue weighted by Gasteiger charge is 2.32. The van der Waals surface area contributed by atoms with Crippen LogP contribution in [0.1, 0.15) is 12.5 Å². The minimum Gasteiger partial charge on any atom is -0.236 e. The Hall–Kier alpha value is -3.94. The van der Waals surface area contributed by atoms with Crippen molar-refractivity contribution in [3.05, 3.63) is 54.6 Å². The molecular formula is C19H13F3N8O2S. The van der Waals surface area contributed by atoms with Crippen LogP contribution in [-0.2, 0) is 16.0 Å². The van der Waals surface area contributed by atoms with Crippen LogP contribution >= 0.6 is 0 Å². The first kappa shape index (κ1) is 20.9. The van der Waals surface area contributed by atoms with Crippen LogP contribution in [-0.4, -0.2) is 53.3 Å². The number of sulfone groups is 1. The molecule has 0 atom stereocenters. The van der Waals surface area contributed by atoms with E-state index in [2.05, 4.69) is 30.1 Å². The van der Waals surface area contributed by atoms with Gasteiger partial charge >= 0.3 is 6.18 Å². The first-order valence-electron chi connectivity index (χ1n) is 9.51. The lowest BCUT2D eigenvalue weighted by Gasteiger charge is -2.05. The van der Waals surface area contributed by atoms with Crippen LogP contribution in [0.25, 0.3) is 34.2 Å². The van der Waals surface area contributed by atoms with Gasteiger partial charge in [-0.25, -0.2) is 37.4 Å². The number of nitrogens with zero attached hydrogens (tertiary/aromatic N) is 8. The fraction of sp³-hybridized carbons (Fsp3) is 0.158. The van der Waals surface area contributed by atoms with E-state index in [-0.39, 0.29) is 39.3 Å². The lowest BCUT2D eigenvalue weighted by Crippen LogP contribution is -2.07. The van der Waals surface area contributed by atoms with Crippen LogP contribution in [0.2, 0.25) is 0 Å². The number of halogens is 3. The van der Waals surface area contributed by atoms with Crippen molar-refractivity contribution >= 4 is 21.1 Å².